The number of anilines is 1. The van der Waals surface area contributed by atoms with Crippen molar-refractivity contribution in [1.82, 2.24) is 9.78 Å². The van der Waals surface area contributed by atoms with E-state index < -0.39 is 11.7 Å². The van der Waals surface area contributed by atoms with E-state index in [0.717, 1.165) is 21.7 Å². The summed E-state index contributed by atoms with van der Waals surface area (Å²) >= 11 is 3.47. The van der Waals surface area contributed by atoms with Crippen molar-refractivity contribution in [3.63, 3.8) is 0 Å². The molecule has 0 fully saturated rings. The van der Waals surface area contributed by atoms with Gasteiger partial charge in [-0.1, -0.05) is 28.3 Å². The van der Waals surface area contributed by atoms with E-state index in [1.165, 1.54) is 23.0 Å². The van der Waals surface area contributed by atoms with Crippen molar-refractivity contribution >= 4 is 40.4 Å². The molecule has 0 aliphatic rings. The Labute approximate surface area is 168 Å². The molecule has 1 aromatic heterocycles. The molecule has 0 aliphatic carbocycles. The van der Waals surface area contributed by atoms with E-state index in [1.54, 1.807) is 0 Å². The summed E-state index contributed by atoms with van der Waals surface area (Å²) in [6.07, 6.45) is 1.44. The lowest BCUT2D eigenvalue weighted by Gasteiger charge is -2.11. The molecule has 28 heavy (non-hydrogen) atoms. The summed E-state index contributed by atoms with van der Waals surface area (Å²) in [4.78, 5) is 23.8. The number of carboxylic acids is 1. The van der Waals surface area contributed by atoms with E-state index in [0.29, 0.717) is 21.9 Å². The fourth-order valence-corrected chi connectivity index (χ4v) is 3.20. The first-order chi connectivity index (χ1) is 13.2. The van der Waals surface area contributed by atoms with Crippen molar-refractivity contribution in [2.45, 2.75) is 13.8 Å². The average Bonchev–Trinajstić information content (AvgIpc) is 2.92. The lowest BCUT2D eigenvalue weighted by molar-refractivity contribution is -0.268. The Morgan fingerprint density at radius 3 is 2.64 bits per heavy atom. The lowest BCUT2D eigenvalue weighted by atomic mass is 10.1. The van der Waals surface area contributed by atoms with Gasteiger partial charge in [0.25, 0.3) is 5.56 Å². The highest BCUT2D eigenvalue weighted by Crippen LogP contribution is 2.23. The summed E-state index contributed by atoms with van der Waals surface area (Å²) in [7, 11) is 0. The number of rotatable bonds is 4. The molecule has 3 aromatic rings. The summed E-state index contributed by atoms with van der Waals surface area (Å²) in [5, 5.41) is 27.2. The Bertz CT molecular complexity index is 1260. The van der Waals surface area contributed by atoms with E-state index >= 15 is 0 Å². The molecule has 0 saturated carbocycles. The molecule has 0 amide bonds. The zero-order valence-corrected chi connectivity index (χ0v) is 16.8. The van der Waals surface area contributed by atoms with Crippen LogP contribution < -0.4 is 26.6 Å². The van der Waals surface area contributed by atoms with Gasteiger partial charge in [0.1, 0.15) is 0 Å². The van der Waals surface area contributed by atoms with Crippen LogP contribution in [-0.4, -0.2) is 20.9 Å². The molecule has 7 nitrogen and oxygen atoms in total. The number of carboxylic acid groups (broad SMARTS) is 1. The molecule has 0 atom stereocenters. The summed E-state index contributed by atoms with van der Waals surface area (Å²) in [6, 6.07) is 7.54. The molecule has 0 aliphatic heterocycles. The van der Waals surface area contributed by atoms with Crippen LogP contribution in [0.3, 0.4) is 0 Å². The van der Waals surface area contributed by atoms with Gasteiger partial charge >= 0.3 is 5.97 Å². The topological polar surface area (TPSA) is 110 Å². The van der Waals surface area contributed by atoms with Gasteiger partial charge in [-0.25, -0.2) is 9.48 Å². The Kier molecular flexibility index (Phi) is 5.15. The van der Waals surface area contributed by atoms with Crippen LogP contribution in [0.4, 0.5) is 5.69 Å². The number of nitrogens with zero attached hydrogens (tertiary/aromatic N) is 1. The first-order valence-electron chi connectivity index (χ1n) is 8.28. The molecule has 0 bridgehead atoms. The number of aromatic amines is 1. The average molecular weight is 443 g/mol. The zero-order valence-electron chi connectivity index (χ0n) is 15.2. The second-order valence-electron chi connectivity index (χ2n) is 6.27. The molecule has 0 saturated heterocycles. The van der Waals surface area contributed by atoms with Crippen molar-refractivity contribution < 1.29 is 15.0 Å². The van der Waals surface area contributed by atoms with Crippen LogP contribution in [0.1, 0.15) is 21.5 Å². The predicted octanol–water partition coefficient (Wildman–Crippen LogP) is 1.58. The Hall–Kier alpha value is -3.26. The largest absolute Gasteiger partial charge is 0.872 e. The molecule has 0 spiro atoms. The monoisotopic (exact) mass is 442 g/mol. The minimum atomic E-state index is -1.28. The Morgan fingerprint density at radius 1 is 1.29 bits per heavy atom. The maximum absolute atomic E-state index is 12.8. The SMILES string of the molecule is C=c1[nH]n(-c2ccc(Br)c(C)c2C)c(=O)c1=CNc1ccc(C(=O)O)c([O-])c1. The van der Waals surface area contributed by atoms with Crippen LogP contribution in [0.25, 0.3) is 18.5 Å². The number of H-pyrrole nitrogens is 1. The third-order valence-corrected chi connectivity index (χ3v) is 5.39. The summed E-state index contributed by atoms with van der Waals surface area (Å²) in [6.45, 7) is 7.75. The number of aromatic carboxylic acids is 1. The summed E-state index contributed by atoms with van der Waals surface area (Å²) in [5.74, 6) is -1.90. The van der Waals surface area contributed by atoms with E-state index in [1.807, 2.05) is 26.0 Å². The molecule has 3 N–H and O–H groups in total. The Balaban J connectivity index is 2.03. The molecule has 0 radical (unpaired) electrons. The van der Waals surface area contributed by atoms with Gasteiger partial charge in [0.15, 0.2) is 0 Å². The highest BCUT2D eigenvalue weighted by Gasteiger charge is 2.10. The number of nitrogens with one attached hydrogen (secondary N) is 2. The first kappa shape index (κ1) is 19.5. The maximum Gasteiger partial charge on any atom is 0.335 e. The van der Waals surface area contributed by atoms with E-state index in [9.17, 15) is 14.7 Å². The first-order valence-corrected chi connectivity index (χ1v) is 9.07. The van der Waals surface area contributed by atoms with Gasteiger partial charge in [-0.2, -0.15) is 0 Å². The van der Waals surface area contributed by atoms with Gasteiger partial charge in [0.05, 0.1) is 21.8 Å². The van der Waals surface area contributed by atoms with Crippen molar-refractivity contribution in [3.05, 3.63) is 72.4 Å². The number of aromatic nitrogens is 2. The smallest absolute Gasteiger partial charge is 0.335 e. The fraction of sp³-hybridized carbons (Fsp3) is 0.100. The van der Waals surface area contributed by atoms with Crippen LogP contribution in [0, 0.1) is 13.8 Å². The van der Waals surface area contributed by atoms with Gasteiger partial charge in [-0.15, -0.1) is 0 Å². The van der Waals surface area contributed by atoms with Gasteiger partial charge in [-0.3, -0.25) is 9.89 Å². The van der Waals surface area contributed by atoms with Gasteiger partial charge in [0, 0.05) is 16.4 Å². The van der Waals surface area contributed by atoms with Crippen LogP contribution in [0.2, 0.25) is 0 Å². The molecule has 2 aromatic carbocycles. The van der Waals surface area contributed by atoms with Crippen LogP contribution >= 0.6 is 15.9 Å². The van der Waals surface area contributed by atoms with E-state index in [4.69, 9.17) is 5.11 Å². The lowest BCUT2D eigenvalue weighted by Crippen LogP contribution is -2.35. The van der Waals surface area contributed by atoms with Crippen molar-refractivity contribution in [1.29, 1.82) is 0 Å². The highest BCUT2D eigenvalue weighted by atomic mass is 79.9. The Morgan fingerprint density at radius 2 is 2.00 bits per heavy atom. The zero-order chi connectivity index (χ0) is 20.6. The van der Waals surface area contributed by atoms with E-state index in [2.05, 4.69) is 32.9 Å². The molecule has 0 unspecified atom stereocenters. The van der Waals surface area contributed by atoms with Gasteiger partial charge < -0.3 is 15.5 Å². The minimum Gasteiger partial charge on any atom is -0.872 e. The molecule has 3 rings (SSSR count). The van der Waals surface area contributed by atoms with Crippen molar-refractivity contribution in [2.24, 2.45) is 0 Å². The third-order valence-electron chi connectivity index (χ3n) is 4.53. The molecule has 144 valence electrons. The predicted molar refractivity (Wildman–Crippen MR) is 109 cm³/mol. The molecule has 1 heterocycles. The normalized spacial score (nSPS) is 11.6. The van der Waals surface area contributed by atoms with Crippen molar-refractivity contribution in [3.8, 4) is 11.4 Å². The number of carbonyl (C=O) groups is 1. The number of benzene rings is 2. The molecule has 8 heteroatoms. The van der Waals surface area contributed by atoms with Gasteiger partial charge in [-0.05, 0) is 55.3 Å². The maximum atomic E-state index is 12.8. The van der Waals surface area contributed by atoms with E-state index in [-0.39, 0.29) is 11.1 Å². The van der Waals surface area contributed by atoms with Crippen LogP contribution in [-0.2, 0) is 0 Å². The number of halogens is 1. The fourth-order valence-electron chi connectivity index (χ4n) is 2.77. The second-order valence-corrected chi connectivity index (χ2v) is 7.12. The minimum absolute atomic E-state index is 0.299. The number of hydrogen-bond donors (Lipinski definition) is 3. The highest BCUT2D eigenvalue weighted by molar-refractivity contribution is 9.10. The van der Waals surface area contributed by atoms with Crippen molar-refractivity contribution in [2.75, 3.05) is 5.32 Å². The molecular weight excluding hydrogens is 426 g/mol. The summed E-state index contributed by atoms with van der Waals surface area (Å²) < 4.78 is 2.37. The van der Waals surface area contributed by atoms with Crippen LogP contribution in [0.15, 0.2) is 39.6 Å². The van der Waals surface area contributed by atoms with Gasteiger partial charge in [0.2, 0.25) is 0 Å². The summed E-state index contributed by atoms with van der Waals surface area (Å²) in [5.41, 5.74) is 2.44. The second kappa shape index (κ2) is 7.40. The van der Waals surface area contributed by atoms with Crippen LogP contribution in [0.5, 0.6) is 5.75 Å². The molecular formula is C20H17BrN3O4-. The third kappa shape index (κ3) is 3.46. The number of hydrogen-bond acceptors (Lipinski definition) is 4. The quantitative estimate of drug-likeness (QED) is 0.567. The standard InChI is InChI=1S/C20H18BrN3O4/c1-10-11(2)17(7-6-16(10)21)24-19(26)15(12(3)23-24)9-22-13-4-5-14(20(27)28)18(25)8-13/h4-9,22-23,25H,3H2,1-2H3,(H,27,28)/p-1.